The third kappa shape index (κ3) is 5.41. The highest BCUT2D eigenvalue weighted by molar-refractivity contribution is 7.12. The van der Waals surface area contributed by atoms with E-state index in [0.29, 0.717) is 12.6 Å². The Balaban J connectivity index is 1.86. The van der Waals surface area contributed by atoms with Crippen LogP contribution in [0.3, 0.4) is 0 Å². The fourth-order valence-electron chi connectivity index (χ4n) is 2.68. The van der Waals surface area contributed by atoms with Gasteiger partial charge in [-0.25, -0.2) is 0 Å². The highest BCUT2D eigenvalue weighted by Gasteiger charge is 2.18. The molecular weight excluding hydrogens is 286 g/mol. The van der Waals surface area contributed by atoms with Crippen LogP contribution in [0, 0.1) is 0 Å². The number of aliphatic hydroxyl groups is 1. The van der Waals surface area contributed by atoms with E-state index in [0.717, 1.165) is 17.8 Å². The Morgan fingerprint density at radius 3 is 3.14 bits per heavy atom. The molecule has 1 aliphatic heterocycles. The van der Waals surface area contributed by atoms with Crippen LogP contribution in [-0.2, 0) is 16.0 Å². The molecule has 0 radical (unpaired) electrons. The number of esters is 1. The number of rotatable bonds is 6. The second kappa shape index (κ2) is 8.51. The van der Waals surface area contributed by atoms with Crippen molar-refractivity contribution in [1.82, 2.24) is 5.32 Å². The highest BCUT2D eigenvalue weighted by atomic mass is 32.1. The van der Waals surface area contributed by atoms with Crippen molar-refractivity contribution in [3.63, 3.8) is 0 Å². The van der Waals surface area contributed by atoms with Gasteiger partial charge in [-0.1, -0.05) is 12.8 Å². The van der Waals surface area contributed by atoms with Crippen LogP contribution in [0.4, 0.5) is 0 Å². The molecule has 2 atom stereocenters. The van der Waals surface area contributed by atoms with Gasteiger partial charge in [0.05, 0.1) is 19.1 Å². The maximum absolute atomic E-state index is 11.4. The van der Waals surface area contributed by atoms with Gasteiger partial charge in [0.15, 0.2) is 0 Å². The van der Waals surface area contributed by atoms with Crippen molar-refractivity contribution in [1.29, 1.82) is 0 Å². The maximum atomic E-state index is 11.4. The number of hydrogen-bond acceptors (Lipinski definition) is 5. The Bertz CT molecular complexity index is 438. The van der Waals surface area contributed by atoms with Crippen LogP contribution in [0.25, 0.3) is 0 Å². The Labute approximate surface area is 130 Å². The van der Waals surface area contributed by atoms with E-state index < -0.39 is 6.10 Å². The number of thiophene rings is 1. The van der Waals surface area contributed by atoms with E-state index in [2.05, 4.69) is 11.4 Å². The minimum atomic E-state index is -0.745. The number of nitrogens with one attached hydrogen (secondary N) is 1. The molecule has 0 amide bonds. The van der Waals surface area contributed by atoms with Gasteiger partial charge in [-0.15, -0.1) is 11.3 Å². The average Bonchev–Trinajstić information content (AvgIpc) is 2.76. The van der Waals surface area contributed by atoms with Crippen LogP contribution in [0.5, 0.6) is 0 Å². The van der Waals surface area contributed by atoms with Gasteiger partial charge in [0, 0.05) is 15.8 Å². The molecule has 2 heterocycles. The molecule has 0 aromatic carbocycles. The second-order valence-corrected chi connectivity index (χ2v) is 6.73. The molecular formula is C16H25NO3S. The molecule has 5 heteroatoms. The SMILES string of the molecule is CCOC(=O)CC(O)c1ccc(CC2CCCCCN2)s1. The first-order chi connectivity index (χ1) is 10.2. The smallest absolute Gasteiger partial charge is 0.308 e. The maximum Gasteiger partial charge on any atom is 0.308 e. The molecule has 0 aliphatic carbocycles. The Kier molecular flexibility index (Phi) is 6.67. The number of hydrogen-bond donors (Lipinski definition) is 2. The summed E-state index contributed by atoms with van der Waals surface area (Å²) in [5.74, 6) is -0.342. The first-order valence-corrected chi connectivity index (χ1v) is 8.66. The highest BCUT2D eigenvalue weighted by Crippen LogP contribution is 2.27. The van der Waals surface area contributed by atoms with Gasteiger partial charge in [-0.05, 0) is 44.9 Å². The van der Waals surface area contributed by atoms with Gasteiger partial charge in [0.1, 0.15) is 0 Å². The number of ether oxygens (including phenoxy) is 1. The van der Waals surface area contributed by atoms with Crippen LogP contribution in [0.15, 0.2) is 12.1 Å². The largest absolute Gasteiger partial charge is 0.466 e. The monoisotopic (exact) mass is 311 g/mol. The number of carbonyl (C=O) groups excluding carboxylic acids is 1. The van der Waals surface area contributed by atoms with Crippen molar-refractivity contribution in [2.24, 2.45) is 0 Å². The van der Waals surface area contributed by atoms with Crippen molar-refractivity contribution < 1.29 is 14.6 Å². The zero-order valence-electron chi connectivity index (χ0n) is 12.6. The van der Waals surface area contributed by atoms with Gasteiger partial charge in [-0.2, -0.15) is 0 Å². The lowest BCUT2D eigenvalue weighted by Gasteiger charge is -2.14. The van der Waals surface area contributed by atoms with Crippen molar-refractivity contribution >= 4 is 17.3 Å². The van der Waals surface area contributed by atoms with E-state index >= 15 is 0 Å². The standard InChI is InChI=1S/C16H25NO3S/c1-2-20-16(19)11-14(18)15-8-7-13(21-15)10-12-6-4-3-5-9-17-12/h7-8,12,14,17-18H,2-6,9-11H2,1H3. The molecule has 4 nitrogen and oxygen atoms in total. The molecule has 0 saturated carbocycles. The Hall–Kier alpha value is -0.910. The summed E-state index contributed by atoms with van der Waals surface area (Å²) in [6.07, 6.45) is 5.40. The Morgan fingerprint density at radius 1 is 1.48 bits per heavy atom. The molecule has 118 valence electrons. The number of carbonyl (C=O) groups is 1. The molecule has 1 saturated heterocycles. The van der Waals surface area contributed by atoms with E-state index in [-0.39, 0.29) is 12.4 Å². The fourth-order valence-corrected chi connectivity index (χ4v) is 3.76. The second-order valence-electron chi connectivity index (χ2n) is 5.53. The first kappa shape index (κ1) is 16.5. The van der Waals surface area contributed by atoms with Crippen LogP contribution in [-0.4, -0.2) is 30.3 Å². The summed E-state index contributed by atoms with van der Waals surface area (Å²) in [5, 5.41) is 13.7. The molecule has 2 unspecified atom stereocenters. The summed E-state index contributed by atoms with van der Waals surface area (Å²) in [7, 11) is 0. The van der Waals surface area contributed by atoms with Gasteiger partial charge >= 0.3 is 5.97 Å². The average molecular weight is 311 g/mol. The lowest BCUT2D eigenvalue weighted by Crippen LogP contribution is -2.29. The summed E-state index contributed by atoms with van der Waals surface area (Å²) in [6.45, 7) is 3.23. The van der Waals surface area contributed by atoms with Gasteiger partial charge in [0.2, 0.25) is 0 Å². The van der Waals surface area contributed by atoms with Gasteiger partial charge < -0.3 is 15.2 Å². The fraction of sp³-hybridized carbons (Fsp3) is 0.688. The lowest BCUT2D eigenvalue weighted by molar-refractivity contribution is -0.145. The minimum Gasteiger partial charge on any atom is -0.466 e. The molecule has 2 rings (SSSR count). The molecule has 2 N–H and O–H groups in total. The quantitative estimate of drug-likeness (QED) is 0.793. The summed E-state index contributed by atoms with van der Waals surface area (Å²) in [4.78, 5) is 13.5. The molecule has 1 aromatic rings. The molecule has 0 spiro atoms. The van der Waals surface area contributed by atoms with Crippen LogP contribution >= 0.6 is 11.3 Å². The van der Waals surface area contributed by atoms with Gasteiger partial charge in [-0.3, -0.25) is 4.79 Å². The predicted octanol–water partition coefficient (Wildman–Crippen LogP) is 2.81. The lowest BCUT2D eigenvalue weighted by atomic mass is 10.1. The first-order valence-electron chi connectivity index (χ1n) is 7.84. The van der Waals surface area contributed by atoms with Crippen molar-refractivity contribution in [3.8, 4) is 0 Å². The molecule has 1 aliphatic rings. The van der Waals surface area contributed by atoms with Crippen molar-refractivity contribution in [2.75, 3.05) is 13.2 Å². The zero-order valence-corrected chi connectivity index (χ0v) is 13.5. The van der Waals surface area contributed by atoms with Gasteiger partial charge in [0.25, 0.3) is 0 Å². The van der Waals surface area contributed by atoms with Crippen LogP contribution in [0.1, 0.15) is 54.9 Å². The van der Waals surface area contributed by atoms with E-state index in [1.54, 1.807) is 18.3 Å². The molecule has 1 aromatic heterocycles. The van der Waals surface area contributed by atoms with Crippen LogP contribution < -0.4 is 5.32 Å². The van der Waals surface area contributed by atoms with E-state index in [4.69, 9.17) is 4.74 Å². The topological polar surface area (TPSA) is 58.6 Å². The minimum absolute atomic E-state index is 0.0372. The molecule has 21 heavy (non-hydrogen) atoms. The third-order valence-corrected chi connectivity index (χ3v) is 4.99. The summed E-state index contributed by atoms with van der Waals surface area (Å²) >= 11 is 1.60. The van der Waals surface area contributed by atoms with Crippen molar-refractivity contribution in [3.05, 3.63) is 21.9 Å². The summed E-state index contributed by atoms with van der Waals surface area (Å²) in [6, 6.07) is 4.54. The van der Waals surface area contributed by atoms with Crippen molar-refractivity contribution in [2.45, 2.75) is 57.6 Å². The Morgan fingerprint density at radius 2 is 2.33 bits per heavy atom. The normalized spacial score (nSPS) is 20.8. The van der Waals surface area contributed by atoms with E-state index in [1.807, 2.05) is 6.07 Å². The molecule has 1 fully saturated rings. The van der Waals surface area contributed by atoms with E-state index in [1.165, 1.54) is 30.6 Å². The predicted molar refractivity (Wildman–Crippen MR) is 84.5 cm³/mol. The van der Waals surface area contributed by atoms with Crippen LogP contribution in [0.2, 0.25) is 0 Å². The number of aliphatic hydroxyl groups excluding tert-OH is 1. The molecule has 0 bridgehead atoms. The summed E-state index contributed by atoms with van der Waals surface area (Å²) in [5.41, 5.74) is 0. The summed E-state index contributed by atoms with van der Waals surface area (Å²) < 4.78 is 4.87. The zero-order chi connectivity index (χ0) is 15.1. The van der Waals surface area contributed by atoms with E-state index in [9.17, 15) is 9.90 Å². The third-order valence-electron chi connectivity index (χ3n) is 3.79.